The van der Waals surface area contributed by atoms with Crippen LogP contribution in [-0.4, -0.2) is 48.0 Å². The van der Waals surface area contributed by atoms with Crippen LogP contribution >= 0.6 is 0 Å². The summed E-state index contributed by atoms with van der Waals surface area (Å²) in [7, 11) is -6.53. The number of carbonyl (C=O) groups excluding carboxylic acids is 1. The monoisotopic (exact) mass is 382 g/mol. The van der Waals surface area contributed by atoms with E-state index < -0.39 is 38.8 Å². The molecule has 0 aliphatic heterocycles. The van der Waals surface area contributed by atoms with Crippen molar-refractivity contribution in [2.24, 2.45) is 11.1 Å². The number of benzene rings is 1. The molecule has 12 heteroatoms. The van der Waals surface area contributed by atoms with Crippen LogP contribution < -0.4 is 9.88 Å². The molecule has 10 nitrogen and oxygen atoms in total. The van der Waals surface area contributed by atoms with Gasteiger partial charge in [-0.2, -0.15) is 8.42 Å². The molecule has 0 amide bonds. The predicted molar refractivity (Wildman–Crippen MR) is 82.3 cm³/mol. The normalized spacial score (nSPS) is 13.5. The van der Waals surface area contributed by atoms with Crippen LogP contribution in [0.4, 0.5) is 0 Å². The van der Waals surface area contributed by atoms with E-state index in [0.29, 0.717) is 5.75 Å². The Labute approximate surface area is 140 Å². The summed E-state index contributed by atoms with van der Waals surface area (Å²) in [4.78, 5) is 11.2. The number of methoxy groups -OCH3 is 2. The molecule has 0 bridgehead atoms. The number of hydrogen-bond donors (Lipinski definition) is 1. The van der Waals surface area contributed by atoms with Gasteiger partial charge in [0.05, 0.1) is 31.6 Å². The number of esters is 1. The molecule has 1 aromatic carbocycles. The molecule has 0 radical (unpaired) electrons. The lowest BCUT2D eigenvalue weighted by Gasteiger charge is -2.22. The Bertz CT molecular complexity index is 774. The summed E-state index contributed by atoms with van der Waals surface area (Å²) in [5, 5.41) is 4.75. The average Bonchev–Trinajstić information content (AvgIpc) is 2.52. The molecule has 24 heavy (non-hydrogen) atoms. The van der Waals surface area contributed by atoms with Gasteiger partial charge in [0.25, 0.3) is 10.0 Å². The highest BCUT2D eigenvalue weighted by Crippen LogP contribution is 2.21. The van der Waals surface area contributed by atoms with Crippen LogP contribution in [0, 0.1) is 5.92 Å². The van der Waals surface area contributed by atoms with Gasteiger partial charge in [0.15, 0.2) is 0 Å². The van der Waals surface area contributed by atoms with Gasteiger partial charge in [0.2, 0.25) is 0 Å². The first-order valence-corrected chi connectivity index (χ1v) is 9.39. The lowest BCUT2D eigenvalue weighted by molar-refractivity contribution is -0.146. The zero-order valence-corrected chi connectivity index (χ0v) is 14.8. The van der Waals surface area contributed by atoms with Crippen LogP contribution in [0.1, 0.15) is 6.92 Å². The van der Waals surface area contributed by atoms with Gasteiger partial charge in [-0.3, -0.25) is 4.79 Å². The minimum atomic E-state index is -4.64. The molecule has 0 spiro atoms. The molecular formula is C12H18N2O8S2. The lowest BCUT2D eigenvalue weighted by atomic mass is 10.2. The summed E-state index contributed by atoms with van der Waals surface area (Å²) in [6, 6.07) is 5.12. The summed E-state index contributed by atoms with van der Waals surface area (Å²) in [6.45, 7) is 0.729. The van der Waals surface area contributed by atoms with Crippen molar-refractivity contribution >= 4 is 26.3 Å². The zero-order chi connectivity index (χ0) is 18.5. The molecule has 0 saturated heterocycles. The second-order valence-electron chi connectivity index (χ2n) is 4.66. The van der Waals surface area contributed by atoms with E-state index in [0.717, 1.165) is 7.11 Å². The molecule has 2 N–H and O–H groups in total. The van der Waals surface area contributed by atoms with E-state index in [-0.39, 0.29) is 9.36 Å². The third-order valence-corrected chi connectivity index (χ3v) is 4.95. The number of nitrogens with zero attached hydrogens (tertiary/aromatic N) is 1. The molecule has 1 atom stereocenters. The predicted octanol–water partition coefficient (Wildman–Crippen LogP) is -0.370. The van der Waals surface area contributed by atoms with Crippen molar-refractivity contribution in [1.82, 2.24) is 4.47 Å². The Morgan fingerprint density at radius 3 is 2.12 bits per heavy atom. The first-order valence-electron chi connectivity index (χ1n) is 6.48. The Kier molecular flexibility index (Phi) is 6.68. The minimum absolute atomic E-state index is 0.131. The van der Waals surface area contributed by atoms with Crippen LogP contribution in [0.3, 0.4) is 0 Å². The van der Waals surface area contributed by atoms with Crippen molar-refractivity contribution in [2.75, 3.05) is 20.8 Å². The summed E-state index contributed by atoms with van der Waals surface area (Å²) in [5.74, 6) is -1.34. The molecule has 0 heterocycles. The smallest absolute Gasteiger partial charge is 0.350 e. The second-order valence-corrected chi connectivity index (χ2v) is 7.62. The minimum Gasteiger partial charge on any atom is -0.497 e. The molecule has 0 aliphatic carbocycles. The third-order valence-electron chi connectivity index (χ3n) is 2.84. The van der Waals surface area contributed by atoms with Crippen LogP contribution in [0.2, 0.25) is 0 Å². The molecule has 0 aromatic heterocycles. The van der Waals surface area contributed by atoms with Gasteiger partial charge in [-0.25, -0.2) is 13.6 Å². The van der Waals surface area contributed by atoms with E-state index in [1.807, 2.05) is 0 Å². The number of sulfonamides is 1. The zero-order valence-electron chi connectivity index (χ0n) is 13.2. The lowest BCUT2D eigenvalue weighted by Crippen LogP contribution is -2.40. The van der Waals surface area contributed by atoms with E-state index in [1.165, 1.54) is 38.3 Å². The summed E-state index contributed by atoms with van der Waals surface area (Å²) >= 11 is 0. The molecule has 0 fully saturated rings. The number of nitrogens with two attached hydrogens (primary N) is 1. The van der Waals surface area contributed by atoms with Crippen LogP contribution in [0.15, 0.2) is 29.2 Å². The number of rotatable bonds is 8. The molecule has 0 unspecified atom stereocenters. The number of hydroxylamine groups is 1. The highest BCUT2D eigenvalue weighted by molar-refractivity contribution is 7.90. The van der Waals surface area contributed by atoms with Gasteiger partial charge in [-0.1, -0.05) is 11.4 Å². The highest BCUT2D eigenvalue weighted by Gasteiger charge is 2.32. The molecule has 1 rings (SSSR count). The van der Waals surface area contributed by atoms with Crippen molar-refractivity contribution in [3.05, 3.63) is 24.3 Å². The molecule has 1 aromatic rings. The molecule has 136 valence electrons. The average molecular weight is 382 g/mol. The van der Waals surface area contributed by atoms with Crippen molar-refractivity contribution in [3.8, 4) is 5.75 Å². The third kappa shape index (κ3) is 5.42. The second kappa shape index (κ2) is 7.90. The first kappa shape index (κ1) is 20.3. The fraction of sp³-hybridized carbons (Fsp3) is 0.417. The van der Waals surface area contributed by atoms with Crippen molar-refractivity contribution < 1.29 is 35.4 Å². The molecular weight excluding hydrogens is 364 g/mol. The van der Waals surface area contributed by atoms with E-state index >= 15 is 0 Å². The summed E-state index contributed by atoms with van der Waals surface area (Å²) in [5.41, 5.74) is 0. The molecule has 0 saturated carbocycles. The maximum atomic E-state index is 12.5. The van der Waals surface area contributed by atoms with Crippen molar-refractivity contribution in [2.45, 2.75) is 11.8 Å². The number of ether oxygens (including phenoxy) is 2. The Morgan fingerprint density at radius 1 is 1.17 bits per heavy atom. The van der Waals surface area contributed by atoms with Gasteiger partial charge < -0.3 is 9.47 Å². The SMILES string of the molecule is COC(=O)[C@@H](C)CN(OS(N)(=O)=O)S(=O)(=O)c1ccc(OC)cc1. The molecule has 0 aliphatic rings. The van der Waals surface area contributed by atoms with Crippen molar-refractivity contribution in [3.63, 3.8) is 0 Å². The van der Waals surface area contributed by atoms with Crippen LogP contribution in [-0.2, 0) is 34.1 Å². The van der Waals surface area contributed by atoms with Gasteiger partial charge in [-0.15, -0.1) is 4.28 Å². The Morgan fingerprint density at radius 2 is 1.71 bits per heavy atom. The van der Waals surface area contributed by atoms with Gasteiger partial charge >= 0.3 is 16.3 Å². The Hall–Kier alpha value is -1.73. The van der Waals surface area contributed by atoms with E-state index in [1.54, 1.807) is 0 Å². The first-order chi connectivity index (χ1) is 11.0. The van der Waals surface area contributed by atoms with Gasteiger partial charge in [-0.05, 0) is 24.3 Å². The van der Waals surface area contributed by atoms with Gasteiger partial charge in [0, 0.05) is 0 Å². The maximum Gasteiger partial charge on any atom is 0.350 e. The largest absolute Gasteiger partial charge is 0.497 e. The topological polar surface area (TPSA) is 142 Å². The van der Waals surface area contributed by atoms with Crippen molar-refractivity contribution in [1.29, 1.82) is 0 Å². The quantitative estimate of drug-likeness (QED) is 0.474. The fourth-order valence-electron chi connectivity index (χ4n) is 1.65. The van der Waals surface area contributed by atoms with E-state index in [2.05, 4.69) is 9.02 Å². The highest BCUT2D eigenvalue weighted by atomic mass is 32.2. The van der Waals surface area contributed by atoms with Crippen LogP contribution in [0.5, 0.6) is 5.75 Å². The van der Waals surface area contributed by atoms with E-state index in [4.69, 9.17) is 9.88 Å². The number of carbonyl (C=O) groups is 1. The number of hydrogen-bond acceptors (Lipinski definition) is 8. The van der Waals surface area contributed by atoms with Crippen LogP contribution in [0.25, 0.3) is 0 Å². The summed E-state index contributed by atoms with van der Waals surface area (Å²) < 4.78 is 61.3. The standard InChI is InChI=1S/C12H18N2O8S2/c1-9(12(15)21-3)8-14(22-24(13,18)19)23(16,17)11-6-4-10(20-2)5-7-11/h4-7,9H,8H2,1-3H3,(H2,13,18,19)/t9-/m0/s1. The summed E-state index contributed by atoms with van der Waals surface area (Å²) in [6.07, 6.45) is 0. The Balaban J connectivity index is 3.21. The fourth-order valence-corrected chi connectivity index (χ4v) is 3.65. The van der Waals surface area contributed by atoms with Gasteiger partial charge in [0.1, 0.15) is 5.75 Å². The maximum absolute atomic E-state index is 12.5. The van der Waals surface area contributed by atoms with E-state index in [9.17, 15) is 21.6 Å².